The molecule has 2 heteroatoms. The Morgan fingerprint density at radius 1 is 1.04 bits per heavy atom. The molecule has 1 heterocycles. The normalized spacial score (nSPS) is 43.7. The van der Waals surface area contributed by atoms with E-state index in [1.807, 2.05) is 0 Å². The molecule has 0 N–H and O–H groups in total. The van der Waals surface area contributed by atoms with Crippen LogP contribution in [0.2, 0.25) is 0 Å². The van der Waals surface area contributed by atoms with Crippen LogP contribution in [0, 0.1) is 17.3 Å². The van der Waals surface area contributed by atoms with Crippen LogP contribution in [0.4, 0.5) is 0 Å². The van der Waals surface area contributed by atoms with Crippen LogP contribution < -0.4 is 0 Å². The van der Waals surface area contributed by atoms with E-state index in [9.17, 15) is 4.79 Å². The molecule has 0 bridgehead atoms. The van der Waals surface area contributed by atoms with Crippen LogP contribution in [0.3, 0.4) is 0 Å². The van der Waals surface area contributed by atoms with Gasteiger partial charge in [-0.25, -0.2) is 0 Å². The van der Waals surface area contributed by atoms with E-state index < -0.39 is 0 Å². The number of carbonyl (C=O) groups excluding carboxylic acids is 1. The van der Waals surface area contributed by atoms with E-state index in [-0.39, 0.29) is 17.0 Å². The number of fused-ring (bicyclic) bond motifs is 6. The van der Waals surface area contributed by atoms with Gasteiger partial charge in [-0.2, -0.15) is 0 Å². The third-order valence-electron chi connectivity index (χ3n) is 8.20. The van der Waals surface area contributed by atoms with Crippen molar-refractivity contribution in [2.75, 3.05) is 0 Å². The molecular formula is C22H28O2. The van der Waals surface area contributed by atoms with Gasteiger partial charge in [0.25, 0.3) is 0 Å². The molecule has 128 valence electrons. The molecule has 1 aromatic carbocycles. The Morgan fingerprint density at radius 3 is 2.79 bits per heavy atom. The SMILES string of the molecule is C[C@]12CC[C@@H]3c4ccccc4CC[C@H]3[C@@H]1CC[C@@]21CCCC(=O)O1. The first-order valence-electron chi connectivity index (χ1n) is 9.93. The van der Waals surface area contributed by atoms with E-state index in [1.165, 1.54) is 32.1 Å². The molecule has 3 aliphatic carbocycles. The van der Waals surface area contributed by atoms with E-state index in [4.69, 9.17) is 4.74 Å². The minimum atomic E-state index is -0.144. The van der Waals surface area contributed by atoms with Crippen LogP contribution in [0.1, 0.15) is 75.3 Å². The number of esters is 1. The summed E-state index contributed by atoms with van der Waals surface area (Å²) in [5.41, 5.74) is 3.27. The number of aryl methyl sites for hydroxylation is 1. The molecule has 24 heavy (non-hydrogen) atoms. The van der Waals surface area contributed by atoms with Crippen molar-refractivity contribution < 1.29 is 9.53 Å². The lowest BCUT2D eigenvalue weighted by atomic mass is 9.52. The lowest BCUT2D eigenvalue weighted by molar-refractivity contribution is -0.190. The number of rotatable bonds is 0. The first-order valence-corrected chi connectivity index (χ1v) is 9.93. The predicted molar refractivity (Wildman–Crippen MR) is 93.7 cm³/mol. The van der Waals surface area contributed by atoms with E-state index in [1.54, 1.807) is 11.1 Å². The van der Waals surface area contributed by atoms with Crippen LogP contribution in [-0.2, 0) is 16.0 Å². The van der Waals surface area contributed by atoms with Gasteiger partial charge < -0.3 is 4.74 Å². The maximum Gasteiger partial charge on any atom is 0.306 e. The summed E-state index contributed by atoms with van der Waals surface area (Å²) in [5, 5.41) is 0. The van der Waals surface area contributed by atoms with Crippen molar-refractivity contribution in [1.29, 1.82) is 0 Å². The predicted octanol–water partition coefficient (Wildman–Crippen LogP) is 5.01. The van der Waals surface area contributed by atoms with Crippen molar-refractivity contribution in [2.24, 2.45) is 17.3 Å². The maximum absolute atomic E-state index is 12.1. The molecule has 5 rings (SSSR count). The highest BCUT2D eigenvalue weighted by Gasteiger charge is 2.64. The standard InChI is InChI=1S/C22H28O2/c1-21-13-10-17-16-6-3-2-5-15(16)8-9-18(17)19(21)11-14-22(21)12-4-7-20(23)24-22/h2-3,5-6,17-19H,4,7-14H2,1H3/t17-,18-,19+,21+,22+/m1/s1. The zero-order chi connectivity index (χ0) is 16.4. The molecule has 5 atom stereocenters. The smallest absolute Gasteiger partial charge is 0.306 e. The first-order chi connectivity index (χ1) is 11.6. The molecule has 0 radical (unpaired) electrons. The van der Waals surface area contributed by atoms with Crippen molar-refractivity contribution in [3.8, 4) is 0 Å². The van der Waals surface area contributed by atoms with Gasteiger partial charge in [-0.1, -0.05) is 31.2 Å². The van der Waals surface area contributed by atoms with Gasteiger partial charge in [0, 0.05) is 11.8 Å². The van der Waals surface area contributed by atoms with Crippen molar-refractivity contribution >= 4 is 5.97 Å². The fourth-order valence-electron chi connectivity index (χ4n) is 7.03. The lowest BCUT2D eigenvalue weighted by Gasteiger charge is -2.55. The maximum atomic E-state index is 12.1. The summed E-state index contributed by atoms with van der Waals surface area (Å²) in [6, 6.07) is 9.12. The van der Waals surface area contributed by atoms with Gasteiger partial charge >= 0.3 is 5.97 Å². The van der Waals surface area contributed by atoms with Crippen molar-refractivity contribution in [1.82, 2.24) is 0 Å². The van der Waals surface area contributed by atoms with Gasteiger partial charge in [-0.3, -0.25) is 4.79 Å². The summed E-state index contributed by atoms with van der Waals surface area (Å²) >= 11 is 0. The Balaban J connectivity index is 1.50. The minimum absolute atomic E-state index is 0.0549. The second-order valence-corrected chi connectivity index (χ2v) is 8.93. The molecule has 2 nitrogen and oxygen atoms in total. The highest BCUT2D eigenvalue weighted by Crippen LogP contribution is 2.66. The van der Waals surface area contributed by atoms with Crippen LogP contribution in [0.15, 0.2) is 24.3 Å². The van der Waals surface area contributed by atoms with Crippen LogP contribution in [0.5, 0.6) is 0 Å². The minimum Gasteiger partial charge on any atom is -0.458 e. The zero-order valence-corrected chi connectivity index (χ0v) is 14.7. The summed E-state index contributed by atoms with van der Waals surface area (Å²) in [5.74, 6) is 2.32. The molecule has 1 saturated heterocycles. The van der Waals surface area contributed by atoms with Crippen LogP contribution in [0.25, 0.3) is 0 Å². The monoisotopic (exact) mass is 324 g/mol. The largest absolute Gasteiger partial charge is 0.458 e. The average molecular weight is 324 g/mol. The Labute approximate surface area is 145 Å². The summed E-state index contributed by atoms with van der Waals surface area (Å²) in [7, 11) is 0. The van der Waals surface area contributed by atoms with Crippen molar-refractivity contribution in [3.05, 3.63) is 35.4 Å². The van der Waals surface area contributed by atoms with E-state index in [0.29, 0.717) is 6.42 Å². The highest BCUT2D eigenvalue weighted by atomic mass is 16.6. The lowest BCUT2D eigenvalue weighted by Crippen LogP contribution is -2.54. The Kier molecular flexibility index (Phi) is 3.18. The molecule has 4 aliphatic rings. The molecule has 1 spiro atoms. The quantitative estimate of drug-likeness (QED) is 0.627. The second kappa shape index (κ2) is 5.09. The van der Waals surface area contributed by atoms with Gasteiger partial charge in [0.1, 0.15) is 5.60 Å². The van der Waals surface area contributed by atoms with Gasteiger partial charge in [0.2, 0.25) is 0 Å². The Morgan fingerprint density at radius 2 is 1.92 bits per heavy atom. The van der Waals surface area contributed by atoms with Gasteiger partial charge in [0.15, 0.2) is 0 Å². The topological polar surface area (TPSA) is 26.3 Å². The van der Waals surface area contributed by atoms with Crippen molar-refractivity contribution in [2.45, 2.75) is 76.2 Å². The zero-order valence-electron chi connectivity index (χ0n) is 14.7. The second-order valence-electron chi connectivity index (χ2n) is 8.93. The van der Waals surface area contributed by atoms with E-state index in [2.05, 4.69) is 31.2 Å². The van der Waals surface area contributed by atoms with E-state index in [0.717, 1.165) is 37.0 Å². The van der Waals surface area contributed by atoms with Gasteiger partial charge in [-0.15, -0.1) is 0 Å². The van der Waals surface area contributed by atoms with Gasteiger partial charge in [-0.05, 0) is 80.2 Å². The van der Waals surface area contributed by atoms with E-state index >= 15 is 0 Å². The summed E-state index contributed by atoms with van der Waals surface area (Å²) in [6.07, 6.45) is 10.2. The molecule has 1 aliphatic heterocycles. The highest BCUT2D eigenvalue weighted by molar-refractivity contribution is 5.71. The van der Waals surface area contributed by atoms with Crippen LogP contribution in [-0.4, -0.2) is 11.6 Å². The fraction of sp³-hybridized carbons (Fsp3) is 0.682. The van der Waals surface area contributed by atoms with Crippen LogP contribution >= 0.6 is 0 Å². The number of ether oxygens (including phenoxy) is 1. The molecule has 2 saturated carbocycles. The summed E-state index contributed by atoms with van der Waals surface area (Å²) in [6.45, 7) is 2.46. The summed E-state index contributed by atoms with van der Waals surface area (Å²) < 4.78 is 6.12. The Hall–Kier alpha value is -1.31. The molecule has 0 aromatic heterocycles. The molecule has 0 amide bonds. The molecular weight excluding hydrogens is 296 g/mol. The van der Waals surface area contributed by atoms with Gasteiger partial charge in [0.05, 0.1) is 0 Å². The number of benzene rings is 1. The average Bonchev–Trinajstić information content (AvgIpc) is 2.87. The summed E-state index contributed by atoms with van der Waals surface area (Å²) in [4.78, 5) is 12.1. The Bertz CT molecular complexity index is 680. The molecule has 0 unspecified atom stereocenters. The number of hydrogen-bond acceptors (Lipinski definition) is 2. The molecule has 1 aromatic rings. The third-order valence-corrected chi connectivity index (χ3v) is 8.20. The third kappa shape index (κ3) is 1.86. The first kappa shape index (κ1) is 15.0. The number of hydrogen-bond donors (Lipinski definition) is 0. The van der Waals surface area contributed by atoms with Crippen molar-refractivity contribution in [3.63, 3.8) is 0 Å². The molecule has 3 fully saturated rings. The number of carbonyl (C=O) groups is 1. The fourth-order valence-corrected chi connectivity index (χ4v) is 7.03.